The molecule has 1 saturated heterocycles. The number of carboxylic acid groups (broad SMARTS) is 1. The summed E-state index contributed by atoms with van der Waals surface area (Å²) >= 11 is 0. The number of amides is 1. The molecule has 1 fully saturated rings. The molecular weight excluding hydrogens is 278 g/mol. The van der Waals surface area contributed by atoms with Crippen LogP contribution >= 0.6 is 0 Å². The lowest BCUT2D eigenvalue weighted by Crippen LogP contribution is -2.26. The summed E-state index contributed by atoms with van der Waals surface area (Å²) in [5, 5.41) is 11.8. The van der Waals surface area contributed by atoms with Gasteiger partial charge in [-0.1, -0.05) is 0 Å². The van der Waals surface area contributed by atoms with Crippen LogP contribution in [0.3, 0.4) is 0 Å². The van der Waals surface area contributed by atoms with E-state index in [4.69, 9.17) is 14.2 Å². The van der Waals surface area contributed by atoms with Gasteiger partial charge in [0.15, 0.2) is 11.5 Å². The predicted molar refractivity (Wildman–Crippen MR) is 73.0 cm³/mol. The largest absolute Gasteiger partial charge is 0.493 e. The van der Waals surface area contributed by atoms with E-state index in [2.05, 4.69) is 5.32 Å². The molecule has 2 atom stereocenters. The molecule has 21 heavy (non-hydrogen) atoms. The Hall–Kier alpha value is -2.44. The molecule has 7 heteroatoms. The fourth-order valence-electron chi connectivity index (χ4n) is 2.53. The number of ether oxygens (including phenoxy) is 3. The number of carbonyl (C=O) groups is 2. The predicted octanol–water partition coefficient (Wildman–Crippen LogP) is 0.627. The van der Waals surface area contributed by atoms with Crippen molar-refractivity contribution in [2.24, 2.45) is 5.92 Å². The van der Waals surface area contributed by atoms with Gasteiger partial charge in [0.25, 0.3) is 0 Å². The van der Waals surface area contributed by atoms with E-state index >= 15 is 0 Å². The number of nitrogens with one attached hydrogen (secondary N) is 1. The first-order valence-electron chi connectivity index (χ1n) is 6.33. The van der Waals surface area contributed by atoms with E-state index in [-0.39, 0.29) is 6.54 Å². The number of methoxy groups -OCH3 is 3. The first kappa shape index (κ1) is 15.0. The van der Waals surface area contributed by atoms with Crippen LogP contribution in [-0.2, 0) is 9.59 Å². The number of hydrogen-bond donors (Lipinski definition) is 2. The fourth-order valence-corrected chi connectivity index (χ4v) is 2.53. The fraction of sp³-hybridized carbons (Fsp3) is 0.429. The van der Waals surface area contributed by atoms with Crippen molar-refractivity contribution >= 4 is 11.9 Å². The van der Waals surface area contributed by atoms with Gasteiger partial charge < -0.3 is 24.6 Å². The molecule has 2 N–H and O–H groups in total. The molecule has 0 aliphatic carbocycles. The van der Waals surface area contributed by atoms with E-state index in [0.717, 1.165) is 0 Å². The lowest BCUT2D eigenvalue weighted by molar-refractivity contribution is -0.145. The van der Waals surface area contributed by atoms with Crippen LogP contribution in [0.25, 0.3) is 0 Å². The van der Waals surface area contributed by atoms with Crippen LogP contribution in [0.15, 0.2) is 12.1 Å². The zero-order valence-corrected chi connectivity index (χ0v) is 12.0. The Balaban J connectivity index is 2.49. The van der Waals surface area contributed by atoms with E-state index in [0.29, 0.717) is 22.8 Å². The lowest BCUT2D eigenvalue weighted by Gasteiger charge is -2.18. The summed E-state index contributed by atoms with van der Waals surface area (Å²) in [6.07, 6.45) is 0. The van der Waals surface area contributed by atoms with E-state index < -0.39 is 23.7 Å². The highest BCUT2D eigenvalue weighted by Crippen LogP contribution is 2.42. The van der Waals surface area contributed by atoms with Gasteiger partial charge in [-0.2, -0.15) is 0 Å². The molecule has 0 bridgehead atoms. The minimum atomic E-state index is -1.15. The molecule has 0 spiro atoms. The smallest absolute Gasteiger partial charge is 0.316 e. The molecule has 114 valence electrons. The second kappa shape index (κ2) is 5.90. The normalized spacial score (nSPS) is 20.8. The molecule has 0 saturated carbocycles. The molecule has 1 heterocycles. The number of rotatable bonds is 5. The Kier molecular flexibility index (Phi) is 4.21. The SMILES string of the molecule is COc1cc(C2CNC(=O)C2C(=O)O)cc(OC)c1OC. The van der Waals surface area contributed by atoms with Crippen LogP contribution in [0.2, 0.25) is 0 Å². The highest BCUT2D eigenvalue weighted by atomic mass is 16.5. The van der Waals surface area contributed by atoms with Crippen LogP contribution in [0, 0.1) is 5.92 Å². The molecule has 2 rings (SSSR count). The van der Waals surface area contributed by atoms with Crippen molar-refractivity contribution in [1.29, 1.82) is 0 Å². The van der Waals surface area contributed by atoms with Gasteiger partial charge in [0.05, 0.1) is 21.3 Å². The maximum atomic E-state index is 11.7. The molecule has 0 radical (unpaired) electrons. The van der Waals surface area contributed by atoms with Crippen molar-refractivity contribution < 1.29 is 28.9 Å². The molecule has 1 aliphatic rings. The topological polar surface area (TPSA) is 94.1 Å². The summed E-state index contributed by atoms with van der Waals surface area (Å²) < 4.78 is 15.7. The molecule has 7 nitrogen and oxygen atoms in total. The summed E-state index contributed by atoms with van der Waals surface area (Å²) in [5.74, 6) is -1.96. The highest BCUT2D eigenvalue weighted by molar-refractivity contribution is 6.00. The standard InChI is InChI=1S/C14H17NO6/c1-19-9-4-7(5-10(20-2)12(9)21-3)8-6-15-13(16)11(8)14(17)18/h4-5,8,11H,6H2,1-3H3,(H,15,16)(H,17,18). The van der Waals surface area contributed by atoms with Crippen molar-refractivity contribution in [3.05, 3.63) is 17.7 Å². The zero-order valence-electron chi connectivity index (χ0n) is 12.0. The summed E-state index contributed by atoms with van der Waals surface area (Å²) in [6, 6.07) is 3.34. The second-order valence-corrected chi connectivity index (χ2v) is 4.63. The monoisotopic (exact) mass is 295 g/mol. The number of hydrogen-bond acceptors (Lipinski definition) is 5. The summed E-state index contributed by atoms with van der Waals surface area (Å²) in [6.45, 7) is 0.258. The molecule has 0 aromatic heterocycles. The summed E-state index contributed by atoms with van der Waals surface area (Å²) in [4.78, 5) is 22.9. The molecular formula is C14H17NO6. The van der Waals surface area contributed by atoms with E-state index in [1.807, 2.05) is 0 Å². The van der Waals surface area contributed by atoms with Gasteiger partial charge in [-0.25, -0.2) is 0 Å². The number of benzene rings is 1. The molecule has 1 aliphatic heterocycles. The number of carboxylic acids is 1. The van der Waals surface area contributed by atoms with Crippen molar-refractivity contribution in [1.82, 2.24) is 5.32 Å². The molecule has 1 aromatic rings. The third-order valence-corrected chi connectivity index (χ3v) is 3.56. The van der Waals surface area contributed by atoms with Crippen molar-refractivity contribution in [2.45, 2.75) is 5.92 Å². The van der Waals surface area contributed by atoms with Gasteiger partial charge in [-0.15, -0.1) is 0 Å². The maximum Gasteiger partial charge on any atom is 0.316 e. The van der Waals surface area contributed by atoms with Crippen LogP contribution < -0.4 is 19.5 Å². The van der Waals surface area contributed by atoms with Crippen molar-refractivity contribution in [3.63, 3.8) is 0 Å². The van der Waals surface area contributed by atoms with Gasteiger partial charge in [0, 0.05) is 12.5 Å². The average molecular weight is 295 g/mol. The van der Waals surface area contributed by atoms with E-state index in [1.54, 1.807) is 12.1 Å². The molecule has 1 aromatic carbocycles. The first-order valence-corrected chi connectivity index (χ1v) is 6.33. The van der Waals surface area contributed by atoms with E-state index in [1.165, 1.54) is 21.3 Å². The van der Waals surface area contributed by atoms with Crippen molar-refractivity contribution in [3.8, 4) is 17.2 Å². The van der Waals surface area contributed by atoms with Crippen molar-refractivity contribution in [2.75, 3.05) is 27.9 Å². The van der Waals surface area contributed by atoms with E-state index in [9.17, 15) is 14.7 Å². The number of aliphatic carboxylic acids is 1. The second-order valence-electron chi connectivity index (χ2n) is 4.63. The molecule has 2 unspecified atom stereocenters. The van der Waals surface area contributed by atoms with Crippen LogP contribution in [-0.4, -0.2) is 44.9 Å². The van der Waals surface area contributed by atoms with Gasteiger partial charge in [0.2, 0.25) is 11.7 Å². The highest BCUT2D eigenvalue weighted by Gasteiger charge is 2.41. The van der Waals surface area contributed by atoms with Crippen LogP contribution in [0.1, 0.15) is 11.5 Å². The quantitative estimate of drug-likeness (QED) is 0.774. The van der Waals surface area contributed by atoms with Crippen LogP contribution in [0.5, 0.6) is 17.2 Å². The first-order chi connectivity index (χ1) is 10.0. The minimum Gasteiger partial charge on any atom is -0.493 e. The van der Waals surface area contributed by atoms with Gasteiger partial charge in [0.1, 0.15) is 5.92 Å². The zero-order chi connectivity index (χ0) is 15.6. The summed E-state index contributed by atoms with van der Waals surface area (Å²) in [7, 11) is 4.45. The average Bonchev–Trinajstić information content (AvgIpc) is 2.87. The third kappa shape index (κ3) is 2.58. The Labute approximate surface area is 121 Å². The Bertz CT molecular complexity index is 546. The van der Waals surface area contributed by atoms with Gasteiger partial charge >= 0.3 is 5.97 Å². The Morgan fingerprint density at radius 2 is 1.76 bits per heavy atom. The maximum absolute atomic E-state index is 11.7. The Morgan fingerprint density at radius 1 is 1.19 bits per heavy atom. The Morgan fingerprint density at radius 3 is 2.19 bits per heavy atom. The minimum absolute atomic E-state index is 0.258. The van der Waals surface area contributed by atoms with Gasteiger partial charge in [-0.3, -0.25) is 9.59 Å². The summed E-state index contributed by atoms with van der Waals surface area (Å²) in [5.41, 5.74) is 0.648. The third-order valence-electron chi connectivity index (χ3n) is 3.56. The molecule has 1 amide bonds. The number of carbonyl (C=O) groups excluding carboxylic acids is 1. The lowest BCUT2D eigenvalue weighted by atomic mass is 9.88. The van der Waals surface area contributed by atoms with Gasteiger partial charge in [-0.05, 0) is 17.7 Å². The van der Waals surface area contributed by atoms with Crippen LogP contribution in [0.4, 0.5) is 0 Å².